The number of anilines is 1. The Kier molecular flexibility index (Phi) is 9.84. The average molecular weight is 533 g/mol. The number of carbonyl (C=O) groups excluding carboxylic acids is 1. The van der Waals surface area contributed by atoms with Gasteiger partial charge in [-0.2, -0.15) is 0 Å². The van der Waals surface area contributed by atoms with Crippen LogP contribution in [0.4, 0.5) is 5.69 Å². The molecule has 1 heterocycles. The maximum atomic E-state index is 12.0. The van der Waals surface area contributed by atoms with E-state index in [2.05, 4.69) is 36.3 Å². The lowest BCUT2D eigenvalue weighted by atomic mass is 9.99. The summed E-state index contributed by atoms with van der Waals surface area (Å²) in [6.45, 7) is 2.88. The molecule has 0 bridgehead atoms. The molecule has 1 aliphatic rings. The Morgan fingerprint density at radius 2 is 1.62 bits per heavy atom. The predicted molar refractivity (Wildman–Crippen MR) is 148 cm³/mol. The zero-order valence-corrected chi connectivity index (χ0v) is 22.3. The second-order valence-electron chi connectivity index (χ2n) is 9.94. The number of carboxylic acid groups (broad SMARTS) is 1. The molecule has 0 aliphatic carbocycles. The van der Waals surface area contributed by atoms with Gasteiger partial charge in [0, 0.05) is 36.7 Å². The van der Waals surface area contributed by atoms with Gasteiger partial charge >= 0.3 is 5.97 Å². The van der Waals surface area contributed by atoms with Crippen molar-refractivity contribution in [1.82, 2.24) is 4.90 Å². The first-order valence-electron chi connectivity index (χ1n) is 13.2. The standard InChI is InChI=1S/C31H36N2O6/c1-21(23-6-4-3-5-7-23)33(2)19-27-18-28(24-10-8-22(20-34)9-11-24)39-31(38-27)25-12-14-26(15-13-25)32-29(35)16-17-30(36)37/h3-15,21,27-28,31,34H,16-20H2,1-2H3,(H,32,35)(H,36,37). The SMILES string of the molecule is CC(c1ccccc1)N(C)CC1CC(c2ccc(CO)cc2)OC(c2ccc(NC(=O)CCC(=O)O)cc2)O1. The zero-order chi connectivity index (χ0) is 27.8. The monoisotopic (exact) mass is 532 g/mol. The van der Waals surface area contributed by atoms with Crippen molar-refractivity contribution in [2.75, 3.05) is 18.9 Å². The summed E-state index contributed by atoms with van der Waals surface area (Å²) in [4.78, 5) is 25.0. The van der Waals surface area contributed by atoms with Crippen molar-refractivity contribution in [1.29, 1.82) is 0 Å². The Balaban J connectivity index is 1.49. The molecule has 0 spiro atoms. The van der Waals surface area contributed by atoms with Crippen LogP contribution in [0.1, 0.15) is 66.9 Å². The highest BCUT2D eigenvalue weighted by molar-refractivity contribution is 5.92. The molecule has 1 saturated heterocycles. The van der Waals surface area contributed by atoms with Gasteiger partial charge in [0.2, 0.25) is 5.91 Å². The molecule has 0 radical (unpaired) electrons. The van der Waals surface area contributed by atoms with E-state index < -0.39 is 12.3 Å². The van der Waals surface area contributed by atoms with Gasteiger partial charge in [-0.25, -0.2) is 0 Å². The molecule has 4 unspecified atom stereocenters. The number of ether oxygens (including phenoxy) is 2. The normalized spacial score (nSPS) is 19.9. The van der Waals surface area contributed by atoms with E-state index >= 15 is 0 Å². The quantitative estimate of drug-likeness (QED) is 0.311. The summed E-state index contributed by atoms with van der Waals surface area (Å²) in [6.07, 6.45) is -0.524. The van der Waals surface area contributed by atoms with E-state index in [9.17, 15) is 14.7 Å². The number of nitrogens with one attached hydrogen (secondary N) is 1. The van der Waals surface area contributed by atoms with E-state index in [0.29, 0.717) is 18.7 Å². The molecule has 8 heteroatoms. The van der Waals surface area contributed by atoms with Gasteiger partial charge in [-0.1, -0.05) is 66.7 Å². The largest absolute Gasteiger partial charge is 0.481 e. The number of benzene rings is 3. The van der Waals surface area contributed by atoms with Crippen LogP contribution in [0.3, 0.4) is 0 Å². The molecule has 1 amide bonds. The number of aliphatic hydroxyl groups is 1. The maximum absolute atomic E-state index is 12.0. The van der Waals surface area contributed by atoms with Gasteiger partial charge in [-0.05, 0) is 42.8 Å². The van der Waals surface area contributed by atoms with Crippen molar-refractivity contribution >= 4 is 17.6 Å². The highest BCUT2D eigenvalue weighted by atomic mass is 16.7. The van der Waals surface area contributed by atoms with E-state index in [0.717, 1.165) is 16.7 Å². The summed E-state index contributed by atoms with van der Waals surface area (Å²) in [5, 5.41) is 20.9. The van der Waals surface area contributed by atoms with Crippen molar-refractivity contribution in [2.24, 2.45) is 0 Å². The molecule has 39 heavy (non-hydrogen) atoms. The Morgan fingerprint density at radius 1 is 0.949 bits per heavy atom. The number of hydrogen-bond acceptors (Lipinski definition) is 6. The number of carboxylic acids is 1. The summed E-state index contributed by atoms with van der Waals surface area (Å²) in [5.74, 6) is -1.36. The zero-order valence-electron chi connectivity index (χ0n) is 22.3. The van der Waals surface area contributed by atoms with Crippen LogP contribution >= 0.6 is 0 Å². The first-order valence-corrected chi connectivity index (χ1v) is 13.2. The molecule has 8 nitrogen and oxygen atoms in total. The van der Waals surface area contributed by atoms with Gasteiger partial charge in [-0.15, -0.1) is 0 Å². The molecule has 3 aromatic rings. The van der Waals surface area contributed by atoms with Crippen LogP contribution in [0.5, 0.6) is 0 Å². The first-order chi connectivity index (χ1) is 18.8. The molecule has 0 saturated carbocycles. The van der Waals surface area contributed by atoms with Gasteiger partial charge in [0.15, 0.2) is 6.29 Å². The fourth-order valence-electron chi connectivity index (χ4n) is 4.67. The van der Waals surface area contributed by atoms with Crippen LogP contribution in [0.15, 0.2) is 78.9 Å². The summed E-state index contributed by atoms with van der Waals surface area (Å²) < 4.78 is 12.9. The third kappa shape index (κ3) is 7.97. The summed E-state index contributed by atoms with van der Waals surface area (Å²) in [5.41, 5.74) is 4.50. The van der Waals surface area contributed by atoms with E-state index in [1.807, 2.05) is 54.6 Å². The molecule has 1 aliphatic heterocycles. The lowest BCUT2D eigenvalue weighted by molar-refractivity contribution is -0.253. The van der Waals surface area contributed by atoms with Gasteiger partial charge < -0.3 is 25.0 Å². The van der Waals surface area contributed by atoms with Crippen molar-refractivity contribution in [3.8, 4) is 0 Å². The molecule has 206 valence electrons. The second kappa shape index (κ2) is 13.5. The smallest absolute Gasteiger partial charge is 0.303 e. The van der Waals surface area contributed by atoms with Crippen LogP contribution in [0, 0.1) is 0 Å². The van der Waals surface area contributed by atoms with Crippen molar-refractivity contribution in [3.05, 3.63) is 101 Å². The molecule has 4 rings (SSSR count). The summed E-state index contributed by atoms with van der Waals surface area (Å²) in [6, 6.07) is 25.6. The predicted octanol–water partition coefficient (Wildman–Crippen LogP) is 5.22. The van der Waals surface area contributed by atoms with Gasteiger partial charge in [0.25, 0.3) is 0 Å². The van der Waals surface area contributed by atoms with Gasteiger partial charge in [-0.3, -0.25) is 14.5 Å². The van der Waals surface area contributed by atoms with Crippen molar-refractivity contribution in [2.45, 2.75) is 57.3 Å². The summed E-state index contributed by atoms with van der Waals surface area (Å²) >= 11 is 0. The van der Waals surface area contributed by atoms with E-state index in [-0.39, 0.29) is 43.6 Å². The highest BCUT2D eigenvalue weighted by Crippen LogP contribution is 2.38. The summed E-state index contributed by atoms with van der Waals surface area (Å²) in [7, 11) is 2.10. The highest BCUT2D eigenvalue weighted by Gasteiger charge is 2.33. The lowest BCUT2D eigenvalue weighted by Crippen LogP contribution is -2.38. The number of aliphatic carboxylic acids is 1. The van der Waals surface area contributed by atoms with Crippen LogP contribution in [0.2, 0.25) is 0 Å². The van der Waals surface area contributed by atoms with Crippen molar-refractivity contribution < 1.29 is 29.3 Å². The van der Waals surface area contributed by atoms with E-state index in [4.69, 9.17) is 14.6 Å². The molecule has 3 N–H and O–H groups in total. The molecular weight excluding hydrogens is 496 g/mol. The number of nitrogens with zero attached hydrogens (tertiary/aromatic N) is 1. The van der Waals surface area contributed by atoms with Crippen LogP contribution < -0.4 is 5.32 Å². The Hall–Kier alpha value is -3.56. The van der Waals surface area contributed by atoms with Gasteiger partial charge in [0.1, 0.15) is 0 Å². The van der Waals surface area contributed by atoms with Gasteiger partial charge in [0.05, 0.1) is 25.2 Å². The number of likely N-dealkylation sites (N-methyl/N-ethyl adjacent to an activating group) is 1. The average Bonchev–Trinajstić information content (AvgIpc) is 2.96. The lowest BCUT2D eigenvalue weighted by Gasteiger charge is -2.39. The van der Waals surface area contributed by atoms with Crippen LogP contribution in [0.25, 0.3) is 0 Å². The molecule has 0 aromatic heterocycles. The fraction of sp³-hybridized carbons (Fsp3) is 0.355. The molecule has 3 aromatic carbocycles. The number of aliphatic hydroxyl groups excluding tert-OH is 1. The molecule has 4 atom stereocenters. The van der Waals surface area contributed by atoms with Crippen LogP contribution in [-0.4, -0.2) is 46.7 Å². The number of carbonyl (C=O) groups is 2. The number of hydrogen-bond donors (Lipinski definition) is 3. The maximum Gasteiger partial charge on any atom is 0.303 e. The fourth-order valence-corrected chi connectivity index (χ4v) is 4.67. The Bertz CT molecular complexity index is 1220. The van der Waals surface area contributed by atoms with E-state index in [1.165, 1.54) is 5.56 Å². The minimum atomic E-state index is -1.01. The third-order valence-corrected chi connectivity index (χ3v) is 7.08. The topological polar surface area (TPSA) is 108 Å². The number of amides is 1. The number of rotatable bonds is 11. The van der Waals surface area contributed by atoms with Crippen LogP contribution in [-0.2, 0) is 25.7 Å². The van der Waals surface area contributed by atoms with Crippen molar-refractivity contribution in [3.63, 3.8) is 0 Å². The molecular formula is C31H36N2O6. The Morgan fingerprint density at radius 3 is 2.26 bits per heavy atom. The Labute approximate surface area is 229 Å². The minimum absolute atomic E-state index is 0.0124. The molecule has 1 fully saturated rings. The second-order valence-corrected chi connectivity index (χ2v) is 9.94. The van der Waals surface area contributed by atoms with E-state index in [1.54, 1.807) is 12.1 Å². The minimum Gasteiger partial charge on any atom is -0.481 e. The third-order valence-electron chi connectivity index (χ3n) is 7.08. The first kappa shape index (κ1) is 28.4.